The van der Waals surface area contributed by atoms with Crippen molar-refractivity contribution < 1.29 is 4.74 Å². The number of aryl methyl sites for hydroxylation is 1. The van der Waals surface area contributed by atoms with E-state index in [-0.39, 0.29) is 5.41 Å². The average molecular weight is 291 g/mol. The van der Waals surface area contributed by atoms with E-state index in [4.69, 9.17) is 16.3 Å². The van der Waals surface area contributed by atoms with Gasteiger partial charge >= 0.3 is 0 Å². The average Bonchev–Trinajstić information content (AvgIpc) is 2.36. The van der Waals surface area contributed by atoms with Crippen LogP contribution in [0.5, 0.6) is 11.6 Å². The first-order valence-electron chi connectivity index (χ1n) is 6.55. The molecule has 0 aliphatic heterocycles. The van der Waals surface area contributed by atoms with Crippen molar-refractivity contribution in [2.24, 2.45) is 0 Å². The predicted molar refractivity (Wildman–Crippen MR) is 81.7 cm³/mol. The lowest BCUT2D eigenvalue weighted by Crippen LogP contribution is -2.11. The molecule has 0 aliphatic rings. The Morgan fingerprint density at radius 2 is 1.80 bits per heavy atom. The lowest BCUT2D eigenvalue weighted by atomic mass is 9.86. The molecular weight excluding hydrogens is 272 g/mol. The second-order valence-electron chi connectivity index (χ2n) is 5.93. The summed E-state index contributed by atoms with van der Waals surface area (Å²) in [6, 6.07) is 6.21. The Morgan fingerprint density at radius 1 is 1.10 bits per heavy atom. The number of halogens is 1. The van der Waals surface area contributed by atoms with Gasteiger partial charge in [-0.05, 0) is 36.5 Å². The van der Waals surface area contributed by atoms with Crippen molar-refractivity contribution in [1.29, 1.82) is 0 Å². The Morgan fingerprint density at radius 3 is 2.40 bits per heavy atom. The van der Waals surface area contributed by atoms with Gasteiger partial charge in [-0.25, -0.2) is 9.97 Å². The molecule has 0 bridgehead atoms. The molecule has 1 heterocycles. The van der Waals surface area contributed by atoms with E-state index >= 15 is 0 Å². The van der Waals surface area contributed by atoms with Gasteiger partial charge in [0.1, 0.15) is 17.2 Å². The lowest BCUT2D eigenvalue weighted by Gasteiger charge is -2.20. The summed E-state index contributed by atoms with van der Waals surface area (Å²) in [4.78, 5) is 8.05. The van der Waals surface area contributed by atoms with Crippen molar-refractivity contribution in [3.8, 4) is 11.6 Å². The number of rotatable bonds is 2. The van der Waals surface area contributed by atoms with E-state index in [0.717, 1.165) is 16.9 Å². The number of benzene rings is 1. The molecule has 0 aliphatic carbocycles. The first-order chi connectivity index (χ1) is 9.29. The minimum Gasteiger partial charge on any atom is -0.438 e. The maximum absolute atomic E-state index is 5.97. The van der Waals surface area contributed by atoms with Crippen molar-refractivity contribution in [3.63, 3.8) is 0 Å². The van der Waals surface area contributed by atoms with Crippen molar-refractivity contribution in [2.75, 3.05) is 0 Å². The fourth-order valence-corrected chi connectivity index (χ4v) is 1.98. The van der Waals surface area contributed by atoms with E-state index in [0.29, 0.717) is 11.0 Å². The number of ether oxygens (including phenoxy) is 1. The Bertz CT molecular complexity index is 633. The molecule has 20 heavy (non-hydrogen) atoms. The minimum atomic E-state index is 0.122. The molecule has 0 radical (unpaired) electrons. The highest BCUT2D eigenvalue weighted by Gasteiger charge is 2.15. The van der Waals surface area contributed by atoms with Crippen molar-refractivity contribution in [2.45, 2.75) is 40.0 Å². The van der Waals surface area contributed by atoms with Crippen LogP contribution in [0.1, 0.15) is 37.5 Å². The summed E-state index contributed by atoms with van der Waals surface area (Å²) < 4.78 is 5.85. The van der Waals surface area contributed by atoms with Gasteiger partial charge in [0.15, 0.2) is 0 Å². The van der Waals surface area contributed by atoms with Crippen LogP contribution in [-0.2, 0) is 5.41 Å². The van der Waals surface area contributed by atoms with Gasteiger partial charge in [-0.3, -0.25) is 0 Å². The lowest BCUT2D eigenvalue weighted by molar-refractivity contribution is 0.453. The smallest absolute Gasteiger partial charge is 0.226 e. The molecule has 4 heteroatoms. The summed E-state index contributed by atoms with van der Waals surface area (Å²) in [5, 5.41) is 0.416. The highest BCUT2D eigenvalue weighted by Crippen LogP contribution is 2.31. The highest BCUT2D eigenvalue weighted by molar-refractivity contribution is 6.30. The Labute approximate surface area is 125 Å². The minimum absolute atomic E-state index is 0.122. The van der Waals surface area contributed by atoms with Crippen LogP contribution >= 0.6 is 11.6 Å². The van der Waals surface area contributed by atoms with Crippen LogP contribution in [0.2, 0.25) is 5.15 Å². The molecule has 3 nitrogen and oxygen atoms in total. The van der Waals surface area contributed by atoms with E-state index in [1.54, 1.807) is 0 Å². The summed E-state index contributed by atoms with van der Waals surface area (Å²) in [6.07, 6.45) is 1.41. The standard InChI is InChI=1S/C16H19ClN2O/c1-10-8-12(16(3,4)5)6-7-13(10)20-15-11(2)14(17)18-9-19-15/h6-9H,1-5H3. The van der Waals surface area contributed by atoms with E-state index < -0.39 is 0 Å². The fraction of sp³-hybridized carbons (Fsp3) is 0.375. The molecule has 0 unspecified atom stereocenters. The molecule has 1 aromatic heterocycles. The zero-order valence-corrected chi connectivity index (χ0v) is 13.2. The first-order valence-corrected chi connectivity index (χ1v) is 6.93. The molecular formula is C16H19ClN2O. The molecule has 0 fully saturated rings. The zero-order valence-electron chi connectivity index (χ0n) is 12.5. The highest BCUT2D eigenvalue weighted by atomic mass is 35.5. The molecule has 106 valence electrons. The van der Waals surface area contributed by atoms with E-state index in [1.807, 2.05) is 19.9 Å². The van der Waals surface area contributed by atoms with Crippen LogP contribution in [-0.4, -0.2) is 9.97 Å². The van der Waals surface area contributed by atoms with Crippen LogP contribution in [0.15, 0.2) is 24.5 Å². The summed E-state index contributed by atoms with van der Waals surface area (Å²) in [5.74, 6) is 1.28. The van der Waals surface area contributed by atoms with Crippen LogP contribution in [0.3, 0.4) is 0 Å². The van der Waals surface area contributed by atoms with E-state index in [9.17, 15) is 0 Å². The van der Waals surface area contributed by atoms with Crippen LogP contribution in [0.25, 0.3) is 0 Å². The van der Waals surface area contributed by atoms with Gasteiger partial charge in [0.25, 0.3) is 0 Å². The molecule has 2 rings (SSSR count). The number of aromatic nitrogens is 2. The van der Waals surface area contributed by atoms with Crippen molar-refractivity contribution in [3.05, 3.63) is 46.4 Å². The largest absolute Gasteiger partial charge is 0.438 e. The maximum Gasteiger partial charge on any atom is 0.226 e. The van der Waals surface area contributed by atoms with E-state index in [1.165, 1.54) is 11.9 Å². The third-order valence-electron chi connectivity index (χ3n) is 3.22. The monoisotopic (exact) mass is 290 g/mol. The van der Waals surface area contributed by atoms with Crippen LogP contribution in [0.4, 0.5) is 0 Å². The summed E-state index contributed by atoms with van der Waals surface area (Å²) >= 11 is 5.97. The SMILES string of the molecule is Cc1cc(C(C)(C)C)ccc1Oc1ncnc(Cl)c1C. The molecule has 0 amide bonds. The summed E-state index contributed by atoms with van der Waals surface area (Å²) in [6.45, 7) is 10.4. The molecule has 0 spiro atoms. The predicted octanol–water partition coefficient (Wildman–Crippen LogP) is 4.84. The topological polar surface area (TPSA) is 35.0 Å². The van der Waals surface area contributed by atoms with Gasteiger partial charge in [0, 0.05) is 5.56 Å². The second kappa shape index (κ2) is 5.41. The Hall–Kier alpha value is -1.61. The molecule has 2 aromatic rings. The maximum atomic E-state index is 5.97. The molecule has 0 saturated carbocycles. The van der Waals surface area contributed by atoms with E-state index in [2.05, 4.69) is 42.9 Å². The van der Waals surface area contributed by atoms with Gasteiger partial charge in [-0.2, -0.15) is 0 Å². The number of hydrogen-bond donors (Lipinski definition) is 0. The molecule has 0 saturated heterocycles. The van der Waals surface area contributed by atoms with Gasteiger partial charge in [-0.15, -0.1) is 0 Å². The Kier molecular flexibility index (Phi) is 4.00. The van der Waals surface area contributed by atoms with Gasteiger partial charge < -0.3 is 4.74 Å². The first kappa shape index (κ1) is 14.8. The third kappa shape index (κ3) is 3.10. The summed E-state index contributed by atoms with van der Waals surface area (Å²) in [5.41, 5.74) is 3.22. The molecule has 0 N–H and O–H groups in total. The zero-order chi connectivity index (χ0) is 14.9. The van der Waals surface area contributed by atoms with Crippen LogP contribution < -0.4 is 4.74 Å². The van der Waals surface area contributed by atoms with Crippen molar-refractivity contribution >= 4 is 11.6 Å². The second-order valence-corrected chi connectivity index (χ2v) is 6.28. The van der Waals surface area contributed by atoms with Gasteiger partial charge in [-0.1, -0.05) is 44.5 Å². The Balaban J connectivity index is 2.33. The molecule has 0 atom stereocenters. The fourth-order valence-electron chi connectivity index (χ4n) is 1.85. The third-order valence-corrected chi connectivity index (χ3v) is 3.60. The van der Waals surface area contributed by atoms with Gasteiger partial charge in [0.2, 0.25) is 5.88 Å². The quantitative estimate of drug-likeness (QED) is 0.743. The van der Waals surface area contributed by atoms with Gasteiger partial charge in [0.05, 0.1) is 0 Å². The number of hydrogen-bond acceptors (Lipinski definition) is 3. The molecule has 1 aromatic carbocycles. The normalized spacial score (nSPS) is 11.5. The van der Waals surface area contributed by atoms with Crippen molar-refractivity contribution in [1.82, 2.24) is 9.97 Å². The number of nitrogens with zero attached hydrogens (tertiary/aromatic N) is 2. The summed E-state index contributed by atoms with van der Waals surface area (Å²) in [7, 11) is 0. The van der Waals surface area contributed by atoms with Crippen LogP contribution in [0, 0.1) is 13.8 Å².